The first-order valence-corrected chi connectivity index (χ1v) is 7.16. The number of piperidine rings is 1. The van der Waals surface area contributed by atoms with Gasteiger partial charge in [-0.2, -0.15) is 0 Å². The minimum atomic E-state index is 0.174. The van der Waals surface area contributed by atoms with Crippen molar-refractivity contribution in [2.45, 2.75) is 32.2 Å². The van der Waals surface area contributed by atoms with Gasteiger partial charge in [-0.25, -0.2) is 0 Å². The van der Waals surface area contributed by atoms with Gasteiger partial charge in [-0.05, 0) is 58.3 Å². The van der Waals surface area contributed by atoms with Gasteiger partial charge in [0, 0.05) is 23.8 Å². The van der Waals surface area contributed by atoms with Crippen LogP contribution in [0.15, 0.2) is 24.3 Å². The van der Waals surface area contributed by atoms with Crippen LogP contribution in [0, 0.1) is 5.92 Å². The Morgan fingerprint density at radius 3 is 2.89 bits per heavy atom. The van der Waals surface area contributed by atoms with Crippen molar-refractivity contribution in [3.63, 3.8) is 0 Å². The molecule has 1 heterocycles. The van der Waals surface area contributed by atoms with Gasteiger partial charge < -0.3 is 15.0 Å². The van der Waals surface area contributed by atoms with Crippen LogP contribution < -0.4 is 15.0 Å². The number of rotatable bonds is 4. The molecule has 0 amide bonds. The molecule has 1 unspecified atom stereocenters. The summed E-state index contributed by atoms with van der Waals surface area (Å²) in [6.07, 6.45) is 2.56. The summed E-state index contributed by atoms with van der Waals surface area (Å²) in [6.45, 7) is 6.91. The number of nitrogens with one attached hydrogen (secondary N) is 1. The summed E-state index contributed by atoms with van der Waals surface area (Å²) in [7, 11) is 3.77. The molecular formula is C16H26N2O. The fraction of sp³-hybridized carbons (Fsp3) is 0.625. The largest absolute Gasteiger partial charge is 0.497 e. The highest BCUT2D eigenvalue weighted by molar-refractivity contribution is 5.53. The van der Waals surface area contributed by atoms with E-state index < -0.39 is 0 Å². The zero-order chi connectivity index (χ0) is 13.9. The predicted octanol–water partition coefficient (Wildman–Crippen LogP) is 2.91. The van der Waals surface area contributed by atoms with E-state index in [9.17, 15) is 0 Å². The fourth-order valence-corrected chi connectivity index (χ4v) is 3.20. The Bertz CT molecular complexity index is 415. The van der Waals surface area contributed by atoms with Gasteiger partial charge in [-0.3, -0.25) is 0 Å². The minimum absolute atomic E-state index is 0.174. The summed E-state index contributed by atoms with van der Waals surface area (Å²) in [4.78, 5) is 2.53. The van der Waals surface area contributed by atoms with Gasteiger partial charge >= 0.3 is 0 Å². The molecule has 106 valence electrons. The molecule has 19 heavy (non-hydrogen) atoms. The van der Waals surface area contributed by atoms with Crippen LogP contribution in [0.5, 0.6) is 5.75 Å². The summed E-state index contributed by atoms with van der Waals surface area (Å²) in [5, 5.41) is 3.34. The standard InChI is InChI=1S/C16H26N2O/c1-16(2)13(12-17-3)7-6-10-18(16)14-8-5-9-15(11-14)19-4/h5,8-9,11,13,17H,6-7,10,12H2,1-4H3. The van der Waals surface area contributed by atoms with Crippen LogP contribution in [-0.4, -0.2) is 32.8 Å². The maximum Gasteiger partial charge on any atom is 0.120 e. The number of nitrogens with zero attached hydrogens (tertiary/aromatic N) is 1. The van der Waals surface area contributed by atoms with E-state index in [0.29, 0.717) is 5.92 Å². The first-order valence-electron chi connectivity index (χ1n) is 7.16. The molecule has 0 saturated carbocycles. The van der Waals surface area contributed by atoms with Crippen molar-refractivity contribution >= 4 is 5.69 Å². The van der Waals surface area contributed by atoms with Gasteiger partial charge in [0.15, 0.2) is 0 Å². The van der Waals surface area contributed by atoms with Crippen molar-refractivity contribution in [2.24, 2.45) is 5.92 Å². The molecule has 0 aromatic heterocycles. The van der Waals surface area contributed by atoms with Crippen molar-refractivity contribution in [1.29, 1.82) is 0 Å². The number of anilines is 1. The first-order chi connectivity index (χ1) is 9.09. The minimum Gasteiger partial charge on any atom is -0.497 e. The third-order valence-electron chi connectivity index (χ3n) is 4.44. The second kappa shape index (κ2) is 5.83. The normalized spacial score (nSPS) is 22.3. The lowest BCUT2D eigenvalue weighted by Crippen LogP contribution is -2.55. The lowest BCUT2D eigenvalue weighted by Gasteiger charge is -2.49. The number of ether oxygens (including phenoxy) is 1. The summed E-state index contributed by atoms with van der Waals surface area (Å²) >= 11 is 0. The molecular weight excluding hydrogens is 236 g/mol. The van der Waals surface area contributed by atoms with E-state index in [1.54, 1.807) is 7.11 Å². The predicted molar refractivity (Wildman–Crippen MR) is 81.1 cm³/mol. The van der Waals surface area contributed by atoms with Crippen molar-refractivity contribution < 1.29 is 4.74 Å². The lowest BCUT2D eigenvalue weighted by molar-refractivity contribution is 0.234. The molecule has 1 N–H and O–H groups in total. The molecule has 1 atom stereocenters. The van der Waals surface area contributed by atoms with Gasteiger partial charge in [-0.15, -0.1) is 0 Å². The highest BCUT2D eigenvalue weighted by Gasteiger charge is 2.38. The second-order valence-electron chi connectivity index (χ2n) is 5.90. The van der Waals surface area contributed by atoms with Crippen LogP contribution >= 0.6 is 0 Å². The Labute approximate surface area is 116 Å². The lowest BCUT2D eigenvalue weighted by atomic mass is 9.78. The smallest absolute Gasteiger partial charge is 0.120 e. The fourth-order valence-electron chi connectivity index (χ4n) is 3.20. The molecule has 0 spiro atoms. The zero-order valence-corrected chi connectivity index (χ0v) is 12.6. The van der Waals surface area contributed by atoms with E-state index in [2.05, 4.69) is 42.3 Å². The summed E-state index contributed by atoms with van der Waals surface area (Å²) in [6, 6.07) is 8.41. The van der Waals surface area contributed by atoms with E-state index in [1.807, 2.05) is 13.1 Å². The second-order valence-corrected chi connectivity index (χ2v) is 5.90. The van der Waals surface area contributed by atoms with Gasteiger partial charge in [-0.1, -0.05) is 6.07 Å². The Hall–Kier alpha value is -1.22. The molecule has 1 aliphatic rings. The SMILES string of the molecule is CNCC1CCCN(c2cccc(OC)c2)C1(C)C. The average molecular weight is 262 g/mol. The van der Waals surface area contributed by atoms with E-state index >= 15 is 0 Å². The Balaban J connectivity index is 2.26. The quantitative estimate of drug-likeness (QED) is 0.903. The molecule has 1 fully saturated rings. The average Bonchev–Trinajstić information content (AvgIpc) is 2.41. The molecule has 1 aromatic rings. The Morgan fingerprint density at radius 1 is 1.42 bits per heavy atom. The van der Waals surface area contributed by atoms with Gasteiger partial charge in [0.05, 0.1) is 7.11 Å². The van der Waals surface area contributed by atoms with Crippen molar-refractivity contribution in [1.82, 2.24) is 5.32 Å². The maximum absolute atomic E-state index is 5.35. The third-order valence-corrected chi connectivity index (χ3v) is 4.44. The van der Waals surface area contributed by atoms with Crippen LogP contribution in [0.4, 0.5) is 5.69 Å². The molecule has 3 heteroatoms. The number of hydrogen-bond donors (Lipinski definition) is 1. The van der Waals surface area contributed by atoms with Crippen LogP contribution in [0.2, 0.25) is 0 Å². The van der Waals surface area contributed by atoms with E-state index in [-0.39, 0.29) is 5.54 Å². The molecule has 1 saturated heterocycles. The molecule has 0 radical (unpaired) electrons. The van der Waals surface area contributed by atoms with E-state index in [1.165, 1.54) is 18.5 Å². The van der Waals surface area contributed by atoms with Crippen molar-refractivity contribution in [3.8, 4) is 5.75 Å². The van der Waals surface area contributed by atoms with Crippen LogP contribution in [0.25, 0.3) is 0 Å². The molecule has 1 aromatic carbocycles. The highest BCUT2D eigenvalue weighted by atomic mass is 16.5. The monoisotopic (exact) mass is 262 g/mol. The molecule has 2 rings (SSSR count). The number of methoxy groups -OCH3 is 1. The summed E-state index contributed by atoms with van der Waals surface area (Å²) in [5.74, 6) is 1.61. The molecule has 1 aliphatic heterocycles. The molecule has 0 bridgehead atoms. The summed E-state index contributed by atoms with van der Waals surface area (Å²) in [5.41, 5.74) is 1.44. The number of benzene rings is 1. The third kappa shape index (κ3) is 2.86. The topological polar surface area (TPSA) is 24.5 Å². The van der Waals surface area contributed by atoms with Crippen LogP contribution in [0.3, 0.4) is 0 Å². The Morgan fingerprint density at radius 2 is 2.21 bits per heavy atom. The van der Waals surface area contributed by atoms with E-state index in [4.69, 9.17) is 4.74 Å². The Kier molecular flexibility index (Phi) is 4.35. The first kappa shape index (κ1) is 14.2. The van der Waals surface area contributed by atoms with Crippen LogP contribution in [-0.2, 0) is 0 Å². The van der Waals surface area contributed by atoms with Crippen molar-refractivity contribution in [2.75, 3.05) is 32.1 Å². The number of hydrogen-bond acceptors (Lipinski definition) is 3. The van der Waals surface area contributed by atoms with Gasteiger partial charge in [0.25, 0.3) is 0 Å². The maximum atomic E-state index is 5.35. The highest BCUT2D eigenvalue weighted by Crippen LogP contribution is 2.37. The molecule has 3 nitrogen and oxygen atoms in total. The van der Waals surface area contributed by atoms with Gasteiger partial charge in [0.2, 0.25) is 0 Å². The summed E-state index contributed by atoms with van der Waals surface area (Å²) < 4.78 is 5.35. The zero-order valence-electron chi connectivity index (χ0n) is 12.6. The van der Waals surface area contributed by atoms with E-state index in [0.717, 1.165) is 18.8 Å². The van der Waals surface area contributed by atoms with Crippen molar-refractivity contribution in [3.05, 3.63) is 24.3 Å². The van der Waals surface area contributed by atoms with Crippen LogP contribution in [0.1, 0.15) is 26.7 Å². The molecule has 0 aliphatic carbocycles. The van der Waals surface area contributed by atoms with Gasteiger partial charge in [0.1, 0.15) is 5.75 Å².